The molecule has 2 rings (SSSR count). The van der Waals surface area contributed by atoms with Gasteiger partial charge >= 0.3 is 0 Å². The molecule has 3 N–H and O–H groups in total. The van der Waals surface area contributed by atoms with Crippen LogP contribution in [0.3, 0.4) is 0 Å². The molecule has 88 valence electrons. The van der Waals surface area contributed by atoms with Crippen molar-refractivity contribution in [2.75, 3.05) is 17.3 Å². The molecule has 2 atom stereocenters. The first-order valence-corrected chi connectivity index (χ1v) is 7.07. The predicted octanol–water partition coefficient (Wildman–Crippen LogP) is 2.75. The van der Waals surface area contributed by atoms with E-state index in [9.17, 15) is 0 Å². The van der Waals surface area contributed by atoms with Crippen LogP contribution in [0.25, 0.3) is 0 Å². The number of nitrogens with one attached hydrogen (secondary N) is 1. The molecule has 1 heterocycles. The minimum absolute atomic E-state index is 0.585. The molecule has 0 radical (unpaired) electrons. The Morgan fingerprint density at radius 3 is 3.12 bits per heavy atom. The number of pyridine rings is 1. The summed E-state index contributed by atoms with van der Waals surface area (Å²) in [6, 6.07) is 4.48. The van der Waals surface area contributed by atoms with Crippen molar-refractivity contribution in [2.24, 2.45) is 0 Å². The van der Waals surface area contributed by atoms with Crippen molar-refractivity contribution in [3.05, 3.63) is 18.3 Å². The Morgan fingerprint density at radius 2 is 2.38 bits per heavy atom. The third kappa shape index (κ3) is 3.04. The molecule has 1 saturated carbocycles. The highest BCUT2D eigenvalue weighted by atomic mass is 32.2. The average Bonchev–Trinajstić information content (AvgIpc) is 2.29. The number of hydrogen-bond donors (Lipinski definition) is 2. The van der Waals surface area contributed by atoms with Gasteiger partial charge in [0.15, 0.2) is 0 Å². The minimum Gasteiger partial charge on any atom is -0.384 e. The molecule has 0 aliphatic heterocycles. The van der Waals surface area contributed by atoms with E-state index in [-0.39, 0.29) is 0 Å². The lowest BCUT2D eigenvalue weighted by atomic mass is 9.95. The quantitative estimate of drug-likeness (QED) is 0.848. The monoisotopic (exact) mass is 237 g/mol. The molecule has 4 heteroatoms. The van der Waals surface area contributed by atoms with Crippen LogP contribution in [0.1, 0.15) is 25.7 Å². The third-order valence-corrected chi connectivity index (χ3v) is 4.21. The zero-order chi connectivity index (χ0) is 11.4. The van der Waals surface area contributed by atoms with Crippen LogP contribution in [0.15, 0.2) is 18.3 Å². The SMILES string of the molecule is CSC1CCCC(Nc2ccnc(N)c2)C1. The normalized spacial score (nSPS) is 25.3. The van der Waals surface area contributed by atoms with E-state index in [4.69, 9.17) is 5.73 Å². The van der Waals surface area contributed by atoms with E-state index in [0.717, 1.165) is 10.9 Å². The van der Waals surface area contributed by atoms with Gasteiger partial charge in [-0.2, -0.15) is 11.8 Å². The molecular weight excluding hydrogens is 218 g/mol. The van der Waals surface area contributed by atoms with E-state index in [1.54, 1.807) is 6.20 Å². The van der Waals surface area contributed by atoms with Gasteiger partial charge in [-0.25, -0.2) is 4.98 Å². The lowest BCUT2D eigenvalue weighted by Crippen LogP contribution is -2.28. The number of rotatable bonds is 3. The van der Waals surface area contributed by atoms with Crippen LogP contribution in [0.2, 0.25) is 0 Å². The molecule has 0 spiro atoms. The van der Waals surface area contributed by atoms with Crippen molar-refractivity contribution in [3.63, 3.8) is 0 Å². The van der Waals surface area contributed by atoms with Gasteiger partial charge in [-0.05, 0) is 31.6 Å². The molecular formula is C12H19N3S. The Morgan fingerprint density at radius 1 is 1.50 bits per heavy atom. The summed E-state index contributed by atoms with van der Waals surface area (Å²) in [5, 5.41) is 4.36. The summed E-state index contributed by atoms with van der Waals surface area (Å²) in [6.45, 7) is 0. The fourth-order valence-electron chi connectivity index (χ4n) is 2.26. The van der Waals surface area contributed by atoms with Crippen LogP contribution in [0.5, 0.6) is 0 Å². The Kier molecular flexibility index (Phi) is 3.93. The number of hydrogen-bond acceptors (Lipinski definition) is 4. The third-order valence-electron chi connectivity index (χ3n) is 3.11. The Bertz CT molecular complexity index is 343. The van der Waals surface area contributed by atoms with Crippen LogP contribution >= 0.6 is 11.8 Å². The highest BCUT2D eigenvalue weighted by Crippen LogP contribution is 2.28. The van der Waals surface area contributed by atoms with Gasteiger partial charge in [0.05, 0.1) is 0 Å². The molecule has 0 amide bonds. The topological polar surface area (TPSA) is 50.9 Å². The first kappa shape index (κ1) is 11.6. The largest absolute Gasteiger partial charge is 0.384 e. The summed E-state index contributed by atoms with van der Waals surface area (Å²) in [5.74, 6) is 0.585. The van der Waals surface area contributed by atoms with Gasteiger partial charge in [0, 0.05) is 29.2 Å². The van der Waals surface area contributed by atoms with E-state index in [1.165, 1.54) is 25.7 Å². The standard InChI is InChI=1S/C12H19N3S/c1-16-11-4-2-3-9(7-11)15-10-5-6-14-12(13)8-10/h5-6,8-9,11H,2-4,7H2,1H3,(H3,13,14,15). The molecule has 2 unspecified atom stereocenters. The van der Waals surface area contributed by atoms with E-state index < -0.39 is 0 Å². The van der Waals surface area contributed by atoms with E-state index in [1.807, 2.05) is 23.9 Å². The average molecular weight is 237 g/mol. The van der Waals surface area contributed by atoms with Gasteiger partial charge in [0.1, 0.15) is 5.82 Å². The number of nitrogens with two attached hydrogens (primary N) is 1. The first-order chi connectivity index (χ1) is 7.78. The number of aromatic nitrogens is 1. The lowest BCUT2D eigenvalue weighted by molar-refractivity contribution is 0.473. The molecule has 1 fully saturated rings. The van der Waals surface area contributed by atoms with Crippen LogP contribution in [-0.4, -0.2) is 22.5 Å². The van der Waals surface area contributed by atoms with Gasteiger partial charge in [-0.1, -0.05) is 6.42 Å². The summed E-state index contributed by atoms with van der Waals surface area (Å²) in [5.41, 5.74) is 6.76. The summed E-state index contributed by atoms with van der Waals surface area (Å²) < 4.78 is 0. The number of thioether (sulfide) groups is 1. The van der Waals surface area contributed by atoms with Crippen LogP contribution in [0.4, 0.5) is 11.5 Å². The van der Waals surface area contributed by atoms with Crippen molar-refractivity contribution in [2.45, 2.75) is 37.0 Å². The van der Waals surface area contributed by atoms with Crippen molar-refractivity contribution in [3.8, 4) is 0 Å². The number of nitrogens with zero attached hydrogens (tertiary/aromatic N) is 1. The zero-order valence-corrected chi connectivity index (χ0v) is 10.5. The van der Waals surface area contributed by atoms with Crippen LogP contribution < -0.4 is 11.1 Å². The second kappa shape index (κ2) is 5.43. The van der Waals surface area contributed by atoms with Gasteiger partial charge in [-0.15, -0.1) is 0 Å². The maximum atomic E-state index is 5.66. The van der Waals surface area contributed by atoms with Gasteiger partial charge < -0.3 is 11.1 Å². The Balaban J connectivity index is 1.94. The molecule has 1 aliphatic carbocycles. The molecule has 1 aromatic heterocycles. The molecule has 3 nitrogen and oxygen atoms in total. The van der Waals surface area contributed by atoms with E-state index >= 15 is 0 Å². The maximum Gasteiger partial charge on any atom is 0.125 e. The maximum absolute atomic E-state index is 5.66. The van der Waals surface area contributed by atoms with E-state index in [0.29, 0.717) is 11.9 Å². The molecule has 0 bridgehead atoms. The minimum atomic E-state index is 0.585. The second-order valence-corrected chi connectivity index (χ2v) is 5.47. The van der Waals surface area contributed by atoms with Crippen molar-refractivity contribution >= 4 is 23.3 Å². The number of nitrogen functional groups attached to an aromatic ring is 1. The Labute approximate surface area is 101 Å². The summed E-state index contributed by atoms with van der Waals surface area (Å²) in [4.78, 5) is 4.00. The fraction of sp³-hybridized carbons (Fsp3) is 0.583. The predicted molar refractivity (Wildman–Crippen MR) is 71.8 cm³/mol. The highest BCUT2D eigenvalue weighted by Gasteiger charge is 2.20. The van der Waals surface area contributed by atoms with Crippen LogP contribution in [-0.2, 0) is 0 Å². The molecule has 1 aromatic rings. The van der Waals surface area contributed by atoms with Crippen molar-refractivity contribution in [1.29, 1.82) is 0 Å². The van der Waals surface area contributed by atoms with Crippen molar-refractivity contribution in [1.82, 2.24) is 4.98 Å². The lowest BCUT2D eigenvalue weighted by Gasteiger charge is -2.29. The fourth-order valence-corrected chi connectivity index (χ4v) is 3.09. The molecule has 0 saturated heterocycles. The molecule has 0 aromatic carbocycles. The van der Waals surface area contributed by atoms with Crippen LogP contribution in [0, 0.1) is 0 Å². The summed E-state index contributed by atoms with van der Waals surface area (Å²) >= 11 is 1.99. The molecule has 16 heavy (non-hydrogen) atoms. The summed E-state index contributed by atoms with van der Waals surface area (Å²) in [6.07, 6.45) is 9.16. The smallest absolute Gasteiger partial charge is 0.125 e. The van der Waals surface area contributed by atoms with E-state index in [2.05, 4.69) is 16.6 Å². The second-order valence-electron chi connectivity index (χ2n) is 4.33. The Hall–Kier alpha value is -0.900. The highest BCUT2D eigenvalue weighted by molar-refractivity contribution is 7.99. The molecule has 1 aliphatic rings. The van der Waals surface area contributed by atoms with Gasteiger partial charge in [-0.3, -0.25) is 0 Å². The number of anilines is 2. The zero-order valence-electron chi connectivity index (χ0n) is 9.65. The van der Waals surface area contributed by atoms with Gasteiger partial charge in [0.2, 0.25) is 0 Å². The summed E-state index contributed by atoms with van der Waals surface area (Å²) in [7, 11) is 0. The van der Waals surface area contributed by atoms with Gasteiger partial charge in [0.25, 0.3) is 0 Å². The first-order valence-electron chi connectivity index (χ1n) is 5.79. The van der Waals surface area contributed by atoms with Crippen molar-refractivity contribution < 1.29 is 0 Å².